The van der Waals surface area contributed by atoms with E-state index in [2.05, 4.69) is 36.4 Å². The lowest BCUT2D eigenvalue weighted by Gasteiger charge is -2.20. The molecule has 0 N–H and O–H groups in total. The van der Waals surface area contributed by atoms with E-state index in [-0.39, 0.29) is 5.41 Å². The van der Waals surface area contributed by atoms with Crippen molar-refractivity contribution in [3.05, 3.63) is 53.6 Å². The predicted molar refractivity (Wildman–Crippen MR) is 71.2 cm³/mol. The predicted octanol–water partition coefficient (Wildman–Crippen LogP) is 3.10. The van der Waals surface area contributed by atoms with Gasteiger partial charge in [0.25, 0.3) is 0 Å². The number of imidazole rings is 1. The molecular weight excluding hydrogens is 222 g/mol. The van der Waals surface area contributed by atoms with E-state index in [1.54, 1.807) is 0 Å². The van der Waals surface area contributed by atoms with E-state index in [4.69, 9.17) is 5.26 Å². The van der Waals surface area contributed by atoms with Crippen molar-refractivity contribution >= 4 is 0 Å². The minimum atomic E-state index is 0.00505. The van der Waals surface area contributed by atoms with Gasteiger partial charge in [-0.3, -0.25) is 0 Å². The number of hydrogen-bond donors (Lipinski definition) is 0. The summed E-state index contributed by atoms with van der Waals surface area (Å²) in [5.74, 6) is 1.04. The van der Waals surface area contributed by atoms with Crippen LogP contribution in [-0.4, -0.2) is 9.55 Å². The van der Waals surface area contributed by atoms with Crippen molar-refractivity contribution in [3.63, 3.8) is 0 Å². The second-order valence-electron chi connectivity index (χ2n) is 5.40. The van der Waals surface area contributed by atoms with Crippen molar-refractivity contribution in [1.82, 2.24) is 9.55 Å². The Morgan fingerprint density at radius 3 is 2.67 bits per heavy atom. The number of hydrogen-bond acceptors (Lipinski definition) is 2. The highest BCUT2D eigenvalue weighted by atomic mass is 15.1. The van der Waals surface area contributed by atoms with Crippen LogP contribution in [0.1, 0.15) is 37.7 Å². The van der Waals surface area contributed by atoms with E-state index in [1.165, 1.54) is 0 Å². The zero-order valence-corrected chi connectivity index (χ0v) is 11.0. The molecule has 0 aliphatic heterocycles. The van der Waals surface area contributed by atoms with Crippen LogP contribution in [0.2, 0.25) is 0 Å². The van der Waals surface area contributed by atoms with Crippen molar-refractivity contribution < 1.29 is 0 Å². The van der Waals surface area contributed by atoms with Gasteiger partial charge in [0.15, 0.2) is 0 Å². The number of aromatic nitrogens is 2. The second kappa shape index (κ2) is 4.66. The van der Waals surface area contributed by atoms with Crippen molar-refractivity contribution in [2.45, 2.75) is 32.7 Å². The lowest BCUT2D eigenvalue weighted by atomic mass is 9.95. The topological polar surface area (TPSA) is 41.6 Å². The van der Waals surface area contributed by atoms with E-state index < -0.39 is 0 Å². The van der Waals surface area contributed by atoms with Gasteiger partial charge in [-0.15, -0.1) is 0 Å². The lowest BCUT2D eigenvalue weighted by Crippen LogP contribution is -2.19. The van der Waals surface area contributed by atoms with Crippen LogP contribution in [0.15, 0.2) is 36.7 Å². The molecule has 0 amide bonds. The Balaban J connectivity index is 2.36. The number of nitriles is 1. The zero-order chi connectivity index (χ0) is 13.2. The first kappa shape index (κ1) is 12.4. The Morgan fingerprint density at radius 2 is 2.00 bits per heavy atom. The molecular formula is C15H17N3. The van der Waals surface area contributed by atoms with Crippen molar-refractivity contribution in [2.75, 3.05) is 0 Å². The normalized spacial score (nSPS) is 11.2. The van der Waals surface area contributed by atoms with Crippen LogP contribution in [0.3, 0.4) is 0 Å². The monoisotopic (exact) mass is 239 g/mol. The summed E-state index contributed by atoms with van der Waals surface area (Å²) in [6.45, 7) is 7.11. The molecule has 1 aromatic carbocycles. The lowest BCUT2D eigenvalue weighted by molar-refractivity contribution is 0.511. The molecule has 1 aromatic heterocycles. The maximum atomic E-state index is 9.10. The molecule has 0 spiro atoms. The minimum Gasteiger partial charge on any atom is -0.330 e. The molecule has 2 rings (SSSR count). The molecule has 0 aliphatic rings. The summed E-state index contributed by atoms with van der Waals surface area (Å²) < 4.78 is 2.11. The standard InChI is InChI=1S/C15H17N3/c1-15(2,3)14-17-8-9-18(14)11-13-7-5-4-6-12(13)10-16/h4-9H,11H2,1-3H3. The molecule has 0 aliphatic carbocycles. The molecule has 0 radical (unpaired) electrons. The molecule has 3 heteroatoms. The third-order valence-corrected chi connectivity index (χ3v) is 2.86. The quantitative estimate of drug-likeness (QED) is 0.808. The number of rotatable bonds is 2. The molecule has 1 heterocycles. The summed E-state index contributed by atoms with van der Waals surface area (Å²) >= 11 is 0. The van der Waals surface area contributed by atoms with Crippen LogP contribution in [0.25, 0.3) is 0 Å². The third kappa shape index (κ3) is 2.43. The van der Waals surface area contributed by atoms with E-state index >= 15 is 0 Å². The van der Waals surface area contributed by atoms with Gasteiger partial charge >= 0.3 is 0 Å². The van der Waals surface area contributed by atoms with Gasteiger partial charge in [0.2, 0.25) is 0 Å². The number of benzene rings is 1. The molecule has 0 saturated carbocycles. The maximum absolute atomic E-state index is 9.10. The van der Waals surface area contributed by atoms with Gasteiger partial charge in [-0.05, 0) is 11.6 Å². The molecule has 2 aromatic rings. The average molecular weight is 239 g/mol. The maximum Gasteiger partial charge on any atom is 0.114 e. The summed E-state index contributed by atoms with van der Waals surface area (Å²) in [5.41, 5.74) is 1.76. The average Bonchev–Trinajstić information content (AvgIpc) is 2.78. The van der Waals surface area contributed by atoms with Crippen molar-refractivity contribution in [2.24, 2.45) is 0 Å². The van der Waals surface area contributed by atoms with E-state index in [9.17, 15) is 0 Å². The molecule has 92 valence electrons. The smallest absolute Gasteiger partial charge is 0.114 e. The molecule has 0 atom stereocenters. The Morgan fingerprint density at radius 1 is 1.28 bits per heavy atom. The van der Waals surface area contributed by atoms with Crippen LogP contribution in [0, 0.1) is 11.3 Å². The van der Waals surface area contributed by atoms with Gasteiger partial charge < -0.3 is 4.57 Å². The van der Waals surface area contributed by atoms with Gasteiger partial charge in [-0.2, -0.15) is 5.26 Å². The second-order valence-corrected chi connectivity index (χ2v) is 5.40. The van der Waals surface area contributed by atoms with E-state index in [1.807, 2.05) is 36.7 Å². The van der Waals surface area contributed by atoms with Crippen LogP contribution < -0.4 is 0 Å². The first-order valence-electron chi connectivity index (χ1n) is 6.02. The SMILES string of the molecule is CC(C)(C)c1nccn1Cc1ccccc1C#N. The molecule has 0 fully saturated rings. The van der Waals surface area contributed by atoms with Gasteiger partial charge in [0.1, 0.15) is 5.82 Å². The van der Waals surface area contributed by atoms with Gasteiger partial charge in [-0.25, -0.2) is 4.98 Å². The van der Waals surface area contributed by atoms with Crippen LogP contribution >= 0.6 is 0 Å². The van der Waals surface area contributed by atoms with Crippen molar-refractivity contribution in [1.29, 1.82) is 5.26 Å². The largest absolute Gasteiger partial charge is 0.330 e. The van der Waals surface area contributed by atoms with Crippen LogP contribution in [-0.2, 0) is 12.0 Å². The summed E-state index contributed by atoms with van der Waals surface area (Å²) in [7, 11) is 0. The summed E-state index contributed by atoms with van der Waals surface area (Å²) in [6, 6.07) is 9.93. The highest BCUT2D eigenvalue weighted by molar-refractivity contribution is 5.37. The summed E-state index contributed by atoms with van der Waals surface area (Å²) in [5, 5.41) is 9.10. The summed E-state index contributed by atoms with van der Waals surface area (Å²) in [4.78, 5) is 4.42. The fraction of sp³-hybridized carbons (Fsp3) is 0.333. The molecule has 0 bridgehead atoms. The fourth-order valence-corrected chi connectivity index (χ4v) is 2.03. The van der Waals surface area contributed by atoms with E-state index in [0.29, 0.717) is 6.54 Å². The number of nitrogens with zero attached hydrogens (tertiary/aromatic N) is 3. The Kier molecular flexibility index (Phi) is 3.20. The molecule has 0 unspecified atom stereocenters. The molecule has 3 nitrogen and oxygen atoms in total. The third-order valence-electron chi connectivity index (χ3n) is 2.86. The van der Waals surface area contributed by atoms with Crippen molar-refractivity contribution in [3.8, 4) is 6.07 Å². The van der Waals surface area contributed by atoms with E-state index in [0.717, 1.165) is 17.0 Å². The van der Waals surface area contributed by atoms with Gasteiger partial charge in [0, 0.05) is 17.8 Å². The Hall–Kier alpha value is -2.08. The van der Waals surface area contributed by atoms with Gasteiger partial charge in [-0.1, -0.05) is 39.0 Å². The Labute approximate surface area is 108 Å². The first-order valence-corrected chi connectivity index (χ1v) is 6.02. The minimum absolute atomic E-state index is 0.00505. The fourth-order valence-electron chi connectivity index (χ4n) is 2.03. The van der Waals surface area contributed by atoms with Crippen LogP contribution in [0.5, 0.6) is 0 Å². The Bertz CT molecular complexity index is 582. The summed E-state index contributed by atoms with van der Waals surface area (Å²) in [6.07, 6.45) is 3.78. The zero-order valence-electron chi connectivity index (χ0n) is 11.0. The molecule has 18 heavy (non-hydrogen) atoms. The highest BCUT2D eigenvalue weighted by Crippen LogP contribution is 2.21. The first-order chi connectivity index (χ1) is 8.52. The highest BCUT2D eigenvalue weighted by Gasteiger charge is 2.19. The molecule has 0 saturated heterocycles. The van der Waals surface area contributed by atoms with Gasteiger partial charge in [0.05, 0.1) is 18.2 Å². The van der Waals surface area contributed by atoms with Crippen LogP contribution in [0.4, 0.5) is 0 Å².